The van der Waals surface area contributed by atoms with Gasteiger partial charge in [-0.1, -0.05) is 0 Å². The Labute approximate surface area is 138 Å². The van der Waals surface area contributed by atoms with Crippen molar-refractivity contribution in [1.82, 2.24) is 10.6 Å². The molecule has 0 aromatic carbocycles. The molecule has 1 aromatic rings. The second-order valence-corrected chi connectivity index (χ2v) is 4.56. The summed E-state index contributed by atoms with van der Waals surface area (Å²) in [7, 11) is 1.76. The Morgan fingerprint density at radius 1 is 1.35 bits per heavy atom. The third-order valence-electron chi connectivity index (χ3n) is 2.55. The molecule has 1 heterocycles. The summed E-state index contributed by atoms with van der Waals surface area (Å²) in [6, 6.07) is 3.81. The van der Waals surface area contributed by atoms with E-state index in [1.165, 1.54) is 0 Å². The van der Waals surface area contributed by atoms with Crippen molar-refractivity contribution in [2.45, 2.75) is 39.3 Å². The van der Waals surface area contributed by atoms with Crippen molar-refractivity contribution in [1.29, 1.82) is 0 Å². The van der Waals surface area contributed by atoms with Gasteiger partial charge in [0.1, 0.15) is 5.76 Å². The molecule has 0 aliphatic carbocycles. The summed E-state index contributed by atoms with van der Waals surface area (Å²) in [5, 5.41) is 6.46. The van der Waals surface area contributed by atoms with Gasteiger partial charge in [0, 0.05) is 20.2 Å². The monoisotopic (exact) mass is 395 g/mol. The van der Waals surface area contributed by atoms with E-state index >= 15 is 0 Å². The average molecular weight is 395 g/mol. The highest BCUT2D eigenvalue weighted by Gasteiger charge is 1.99. The number of aliphatic imine (C=N–C) groups is 1. The van der Waals surface area contributed by atoms with Crippen LogP contribution in [0.1, 0.15) is 32.4 Å². The van der Waals surface area contributed by atoms with E-state index in [1.54, 1.807) is 13.3 Å². The predicted octanol–water partition coefficient (Wildman–Crippen LogP) is 2.77. The summed E-state index contributed by atoms with van der Waals surface area (Å²) in [6.45, 7) is 6.46. The highest BCUT2D eigenvalue weighted by atomic mass is 127. The maximum absolute atomic E-state index is 5.49. The summed E-state index contributed by atoms with van der Waals surface area (Å²) >= 11 is 0. The number of hydrogen-bond donors (Lipinski definition) is 2. The van der Waals surface area contributed by atoms with E-state index in [4.69, 9.17) is 9.15 Å². The largest absolute Gasteiger partial charge is 0.467 e. The highest BCUT2D eigenvalue weighted by molar-refractivity contribution is 14.0. The Bertz CT molecular complexity index is 353. The standard InChI is InChI=1S/C14H25N3O2.HI/c1-12(2)18-9-5-4-8-16-14(15-3)17-11-13-7-6-10-19-13;/h6-7,10,12H,4-5,8-9,11H2,1-3H3,(H2,15,16,17);1H. The van der Waals surface area contributed by atoms with E-state index < -0.39 is 0 Å². The molecule has 116 valence electrons. The molecule has 0 saturated heterocycles. The minimum Gasteiger partial charge on any atom is -0.467 e. The number of ether oxygens (including phenoxy) is 1. The number of rotatable bonds is 8. The van der Waals surface area contributed by atoms with Crippen molar-refractivity contribution in [3.8, 4) is 0 Å². The van der Waals surface area contributed by atoms with Crippen LogP contribution < -0.4 is 10.6 Å². The van der Waals surface area contributed by atoms with Gasteiger partial charge < -0.3 is 19.8 Å². The van der Waals surface area contributed by atoms with Crippen LogP contribution in [0.15, 0.2) is 27.8 Å². The topological polar surface area (TPSA) is 58.8 Å². The quantitative estimate of drug-likeness (QED) is 0.308. The minimum absolute atomic E-state index is 0. The Morgan fingerprint density at radius 3 is 2.75 bits per heavy atom. The molecule has 1 rings (SSSR count). The van der Waals surface area contributed by atoms with Gasteiger partial charge in [-0.15, -0.1) is 24.0 Å². The van der Waals surface area contributed by atoms with Gasteiger partial charge in [0.05, 0.1) is 18.9 Å². The molecule has 20 heavy (non-hydrogen) atoms. The van der Waals surface area contributed by atoms with Crippen LogP contribution in [-0.2, 0) is 11.3 Å². The number of hydrogen-bond acceptors (Lipinski definition) is 3. The van der Waals surface area contributed by atoms with Gasteiger partial charge in [-0.05, 0) is 38.8 Å². The first-order chi connectivity index (χ1) is 9.22. The molecule has 6 heteroatoms. The minimum atomic E-state index is 0. The number of nitrogens with one attached hydrogen (secondary N) is 2. The lowest BCUT2D eigenvalue weighted by atomic mass is 10.3. The molecule has 2 N–H and O–H groups in total. The van der Waals surface area contributed by atoms with Crippen molar-refractivity contribution < 1.29 is 9.15 Å². The van der Waals surface area contributed by atoms with Crippen molar-refractivity contribution >= 4 is 29.9 Å². The van der Waals surface area contributed by atoms with Crippen molar-refractivity contribution in [2.24, 2.45) is 4.99 Å². The summed E-state index contributed by atoms with van der Waals surface area (Å²) in [5.74, 6) is 1.69. The number of halogens is 1. The highest BCUT2D eigenvalue weighted by Crippen LogP contribution is 1.98. The van der Waals surface area contributed by atoms with Crippen LogP contribution in [0.25, 0.3) is 0 Å². The third kappa shape index (κ3) is 9.19. The van der Waals surface area contributed by atoms with E-state index in [2.05, 4.69) is 29.5 Å². The molecule has 1 aromatic heterocycles. The van der Waals surface area contributed by atoms with Crippen LogP contribution in [-0.4, -0.2) is 32.3 Å². The molecular weight excluding hydrogens is 369 g/mol. The normalized spacial score (nSPS) is 11.3. The van der Waals surface area contributed by atoms with Gasteiger partial charge in [-0.2, -0.15) is 0 Å². The first-order valence-corrected chi connectivity index (χ1v) is 6.81. The third-order valence-corrected chi connectivity index (χ3v) is 2.55. The lowest BCUT2D eigenvalue weighted by Gasteiger charge is -2.11. The number of nitrogens with zero attached hydrogens (tertiary/aromatic N) is 1. The molecule has 0 spiro atoms. The van der Waals surface area contributed by atoms with Gasteiger partial charge in [0.2, 0.25) is 0 Å². The first kappa shape index (κ1) is 19.2. The molecule has 0 aliphatic rings. The van der Waals surface area contributed by atoms with Gasteiger partial charge in [0.25, 0.3) is 0 Å². The van der Waals surface area contributed by atoms with Crippen molar-refractivity contribution in [3.05, 3.63) is 24.2 Å². The van der Waals surface area contributed by atoms with E-state index in [9.17, 15) is 0 Å². The molecule has 0 bridgehead atoms. The smallest absolute Gasteiger partial charge is 0.191 e. The lowest BCUT2D eigenvalue weighted by Crippen LogP contribution is -2.37. The molecule has 0 amide bonds. The Morgan fingerprint density at radius 2 is 2.15 bits per heavy atom. The fourth-order valence-corrected chi connectivity index (χ4v) is 1.56. The summed E-state index contributed by atoms with van der Waals surface area (Å²) in [6.07, 6.45) is 4.10. The number of furan rings is 1. The Kier molecular flexibility index (Phi) is 11.6. The maximum atomic E-state index is 5.49. The zero-order valence-electron chi connectivity index (χ0n) is 12.5. The van der Waals surface area contributed by atoms with Gasteiger partial charge >= 0.3 is 0 Å². The molecule has 0 radical (unpaired) electrons. The van der Waals surface area contributed by atoms with Crippen LogP contribution >= 0.6 is 24.0 Å². The lowest BCUT2D eigenvalue weighted by molar-refractivity contribution is 0.0762. The number of guanidine groups is 1. The van der Waals surface area contributed by atoms with Crippen LogP contribution in [0.4, 0.5) is 0 Å². The zero-order chi connectivity index (χ0) is 13.9. The SMILES string of the molecule is CN=C(NCCCCOC(C)C)NCc1ccco1.I. The zero-order valence-corrected chi connectivity index (χ0v) is 14.8. The average Bonchev–Trinajstić information content (AvgIpc) is 2.90. The van der Waals surface area contributed by atoms with Gasteiger partial charge in [-0.3, -0.25) is 4.99 Å². The Balaban J connectivity index is 0.00000361. The molecule has 0 unspecified atom stereocenters. The Hall–Kier alpha value is -0.760. The summed E-state index contributed by atoms with van der Waals surface area (Å²) in [5.41, 5.74) is 0. The predicted molar refractivity (Wildman–Crippen MR) is 92.6 cm³/mol. The molecular formula is C14H26IN3O2. The van der Waals surface area contributed by atoms with Crippen LogP contribution in [0.2, 0.25) is 0 Å². The van der Waals surface area contributed by atoms with Crippen LogP contribution in [0, 0.1) is 0 Å². The first-order valence-electron chi connectivity index (χ1n) is 6.81. The van der Waals surface area contributed by atoms with Gasteiger partial charge in [-0.25, -0.2) is 0 Å². The molecule has 5 nitrogen and oxygen atoms in total. The van der Waals surface area contributed by atoms with Gasteiger partial charge in [0.15, 0.2) is 5.96 Å². The fourth-order valence-electron chi connectivity index (χ4n) is 1.56. The second-order valence-electron chi connectivity index (χ2n) is 4.56. The maximum Gasteiger partial charge on any atom is 0.191 e. The molecule has 0 aliphatic heterocycles. The van der Waals surface area contributed by atoms with E-state index in [0.717, 1.165) is 37.7 Å². The van der Waals surface area contributed by atoms with E-state index in [1.807, 2.05) is 12.1 Å². The van der Waals surface area contributed by atoms with Crippen molar-refractivity contribution in [3.63, 3.8) is 0 Å². The van der Waals surface area contributed by atoms with Crippen LogP contribution in [0.5, 0.6) is 0 Å². The summed E-state index contributed by atoms with van der Waals surface area (Å²) in [4.78, 5) is 4.16. The van der Waals surface area contributed by atoms with E-state index in [-0.39, 0.29) is 24.0 Å². The second kappa shape index (κ2) is 12.0. The number of unbranched alkanes of at least 4 members (excludes halogenated alkanes) is 1. The fraction of sp³-hybridized carbons (Fsp3) is 0.643. The van der Waals surface area contributed by atoms with Crippen LogP contribution in [0.3, 0.4) is 0 Å². The molecule has 0 atom stereocenters. The van der Waals surface area contributed by atoms with E-state index in [0.29, 0.717) is 12.6 Å². The van der Waals surface area contributed by atoms with Crippen molar-refractivity contribution in [2.75, 3.05) is 20.2 Å². The molecule has 0 fully saturated rings. The summed E-state index contributed by atoms with van der Waals surface area (Å²) < 4.78 is 10.7. The molecule has 0 saturated carbocycles.